The van der Waals surface area contributed by atoms with Gasteiger partial charge in [-0.05, 0) is 52.9 Å². The van der Waals surface area contributed by atoms with E-state index in [4.69, 9.17) is 4.98 Å². The number of aromatic nitrogens is 2. The zero-order valence-corrected chi connectivity index (χ0v) is 16.1. The Bertz CT molecular complexity index is 1170. The number of benzene rings is 3. The molecule has 0 radical (unpaired) electrons. The number of nitrogens with zero attached hydrogens (tertiary/aromatic N) is 3. The normalized spacial score (nSPS) is 18.1. The molecule has 0 bridgehead atoms. The molecule has 0 N–H and O–H groups in total. The number of rotatable bonds is 2. The second-order valence-electron chi connectivity index (χ2n) is 8.32. The van der Waals surface area contributed by atoms with Gasteiger partial charge in [0.25, 0.3) is 0 Å². The molecule has 0 unspecified atom stereocenters. The lowest BCUT2D eigenvalue weighted by Crippen LogP contribution is -2.41. The molecule has 1 fully saturated rings. The van der Waals surface area contributed by atoms with Crippen molar-refractivity contribution >= 4 is 21.8 Å². The molecule has 0 atom stereocenters. The average Bonchev–Trinajstić information content (AvgIpc) is 2.92. The minimum atomic E-state index is 0.829. The molecule has 3 heteroatoms. The minimum absolute atomic E-state index is 0.829. The zero-order valence-electron chi connectivity index (χ0n) is 16.1. The third-order valence-electron chi connectivity index (χ3n) is 6.73. The second kappa shape index (κ2) is 6.46. The third-order valence-corrected chi connectivity index (χ3v) is 6.73. The smallest absolute Gasteiger partial charge is 0.111 e. The highest BCUT2D eigenvalue weighted by atomic mass is 15.2. The van der Waals surface area contributed by atoms with Crippen molar-refractivity contribution < 1.29 is 0 Å². The Morgan fingerprint density at radius 2 is 1.61 bits per heavy atom. The fourth-order valence-corrected chi connectivity index (χ4v) is 4.87. The molecular formula is C25H25N3. The van der Waals surface area contributed by atoms with Crippen molar-refractivity contribution in [3.63, 3.8) is 0 Å². The van der Waals surface area contributed by atoms with Gasteiger partial charge >= 0.3 is 0 Å². The quantitative estimate of drug-likeness (QED) is 0.481. The maximum Gasteiger partial charge on any atom is 0.111 e. The molecule has 3 aromatic carbocycles. The van der Waals surface area contributed by atoms with Gasteiger partial charge in [-0.1, -0.05) is 48.9 Å². The van der Waals surface area contributed by atoms with Gasteiger partial charge < -0.3 is 4.57 Å². The van der Waals surface area contributed by atoms with Crippen molar-refractivity contribution in [2.75, 3.05) is 13.1 Å². The van der Waals surface area contributed by atoms with Gasteiger partial charge in [-0.15, -0.1) is 0 Å². The van der Waals surface area contributed by atoms with E-state index in [9.17, 15) is 0 Å². The van der Waals surface area contributed by atoms with E-state index in [1.807, 2.05) is 0 Å². The molecule has 1 aromatic heterocycles. The van der Waals surface area contributed by atoms with Crippen LogP contribution in [0.15, 0.2) is 60.7 Å². The number of imidazole rings is 1. The first kappa shape index (κ1) is 16.3. The van der Waals surface area contributed by atoms with Gasteiger partial charge in [0.05, 0.1) is 11.0 Å². The van der Waals surface area contributed by atoms with Crippen LogP contribution < -0.4 is 0 Å². The summed E-state index contributed by atoms with van der Waals surface area (Å²) < 4.78 is 2.46. The molecule has 1 aliphatic carbocycles. The van der Waals surface area contributed by atoms with E-state index in [-0.39, 0.29) is 0 Å². The lowest BCUT2D eigenvalue weighted by molar-refractivity contribution is 0.130. The van der Waals surface area contributed by atoms with Gasteiger partial charge in [-0.2, -0.15) is 0 Å². The Morgan fingerprint density at radius 1 is 0.786 bits per heavy atom. The molecule has 1 aliphatic heterocycles. The maximum atomic E-state index is 5.04. The largest absolute Gasteiger partial charge is 0.327 e. The molecule has 4 aromatic rings. The maximum absolute atomic E-state index is 5.04. The van der Waals surface area contributed by atoms with Crippen molar-refractivity contribution in [2.45, 2.75) is 38.3 Å². The number of hydrogen-bond acceptors (Lipinski definition) is 2. The summed E-state index contributed by atoms with van der Waals surface area (Å²) in [7, 11) is 0. The molecule has 0 spiro atoms. The van der Waals surface area contributed by atoms with E-state index >= 15 is 0 Å². The van der Waals surface area contributed by atoms with Gasteiger partial charge in [0.1, 0.15) is 5.82 Å². The van der Waals surface area contributed by atoms with Crippen LogP contribution in [-0.4, -0.2) is 33.6 Å². The Hall–Kier alpha value is -2.65. The lowest BCUT2D eigenvalue weighted by atomic mass is 9.91. The van der Waals surface area contributed by atoms with E-state index in [1.54, 1.807) is 0 Å². The van der Waals surface area contributed by atoms with Crippen LogP contribution in [0.5, 0.6) is 0 Å². The van der Waals surface area contributed by atoms with Crippen LogP contribution in [-0.2, 0) is 13.0 Å². The van der Waals surface area contributed by atoms with Crippen LogP contribution in [0.25, 0.3) is 32.9 Å². The van der Waals surface area contributed by atoms with Crippen LogP contribution in [0, 0.1) is 0 Å². The standard InChI is InChI=1S/C25H25N3/c1-2-5-19-16-20(9-8-18(19)4-1)21-10-11-24-23(17-21)26-25-12-13-27(14-15-28(24)25)22-6-3-7-22/h1-2,4-5,8-11,16-17,22H,3,6-7,12-15H2. The summed E-state index contributed by atoms with van der Waals surface area (Å²) in [5.74, 6) is 1.26. The Morgan fingerprint density at radius 3 is 2.46 bits per heavy atom. The van der Waals surface area contributed by atoms with Crippen molar-refractivity contribution in [3.05, 3.63) is 66.5 Å². The number of hydrogen-bond donors (Lipinski definition) is 0. The highest BCUT2D eigenvalue weighted by molar-refractivity contribution is 5.89. The fraction of sp³-hybridized carbons (Fsp3) is 0.320. The first-order chi connectivity index (χ1) is 13.8. The van der Waals surface area contributed by atoms with Crippen molar-refractivity contribution in [1.82, 2.24) is 14.5 Å². The minimum Gasteiger partial charge on any atom is -0.327 e. The second-order valence-corrected chi connectivity index (χ2v) is 8.32. The Balaban J connectivity index is 1.35. The summed E-state index contributed by atoms with van der Waals surface area (Å²) in [6.45, 7) is 3.39. The Kier molecular flexibility index (Phi) is 3.76. The molecule has 0 amide bonds. The zero-order chi connectivity index (χ0) is 18.5. The van der Waals surface area contributed by atoms with E-state index in [0.29, 0.717) is 0 Å². The van der Waals surface area contributed by atoms with Crippen molar-refractivity contribution in [1.29, 1.82) is 0 Å². The van der Waals surface area contributed by atoms with E-state index < -0.39 is 0 Å². The molecule has 2 aliphatic rings. The summed E-state index contributed by atoms with van der Waals surface area (Å²) in [5.41, 5.74) is 4.94. The van der Waals surface area contributed by atoms with Gasteiger partial charge in [0, 0.05) is 32.1 Å². The monoisotopic (exact) mass is 367 g/mol. The lowest BCUT2D eigenvalue weighted by Gasteiger charge is -2.36. The van der Waals surface area contributed by atoms with Gasteiger partial charge in [0.15, 0.2) is 0 Å². The predicted octanol–water partition coefficient (Wildman–Crippen LogP) is 5.27. The summed E-state index contributed by atoms with van der Waals surface area (Å²) >= 11 is 0. The van der Waals surface area contributed by atoms with Crippen molar-refractivity contribution in [3.8, 4) is 11.1 Å². The first-order valence-electron chi connectivity index (χ1n) is 10.6. The molecule has 1 saturated carbocycles. The Labute approximate surface area is 165 Å². The molecular weight excluding hydrogens is 342 g/mol. The summed E-state index contributed by atoms with van der Waals surface area (Å²) in [5, 5.41) is 2.58. The van der Waals surface area contributed by atoms with Gasteiger partial charge in [0.2, 0.25) is 0 Å². The fourth-order valence-electron chi connectivity index (χ4n) is 4.87. The highest BCUT2D eigenvalue weighted by Crippen LogP contribution is 2.30. The van der Waals surface area contributed by atoms with Crippen LogP contribution >= 0.6 is 0 Å². The summed E-state index contributed by atoms with van der Waals surface area (Å²) in [6, 6.07) is 22.9. The molecule has 6 rings (SSSR count). The number of fused-ring (bicyclic) bond motifs is 4. The summed E-state index contributed by atoms with van der Waals surface area (Å²) in [4.78, 5) is 7.72. The van der Waals surface area contributed by atoms with E-state index in [0.717, 1.165) is 37.6 Å². The summed E-state index contributed by atoms with van der Waals surface area (Å²) in [6.07, 6.45) is 5.25. The SMILES string of the molecule is c1ccc2cc(-c3ccc4c(c3)nc3n4CCN(C4CCC4)CC3)ccc2c1. The van der Waals surface area contributed by atoms with Crippen LogP contribution in [0.3, 0.4) is 0 Å². The molecule has 28 heavy (non-hydrogen) atoms. The average molecular weight is 367 g/mol. The predicted molar refractivity (Wildman–Crippen MR) is 116 cm³/mol. The highest BCUT2D eigenvalue weighted by Gasteiger charge is 2.27. The first-order valence-corrected chi connectivity index (χ1v) is 10.6. The molecule has 140 valence electrons. The van der Waals surface area contributed by atoms with E-state index in [2.05, 4.69) is 70.1 Å². The van der Waals surface area contributed by atoms with Crippen LogP contribution in [0.2, 0.25) is 0 Å². The molecule has 3 nitrogen and oxygen atoms in total. The van der Waals surface area contributed by atoms with Crippen LogP contribution in [0.1, 0.15) is 25.1 Å². The topological polar surface area (TPSA) is 21.1 Å². The molecule has 2 heterocycles. The van der Waals surface area contributed by atoms with Crippen molar-refractivity contribution in [2.24, 2.45) is 0 Å². The van der Waals surface area contributed by atoms with E-state index in [1.165, 1.54) is 52.5 Å². The van der Waals surface area contributed by atoms with Crippen LogP contribution in [0.4, 0.5) is 0 Å². The van der Waals surface area contributed by atoms with Gasteiger partial charge in [-0.3, -0.25) is 4.90 Å². The van der Waals surface area contributed by atoms with Gasteiger partial charge in [-0.25, -0.2) is 4.98 Å². The third kappa shape index (κ3) is 2.65. The molecule has 0 saturated heterocycles.